The van der Waals surface area contributed by atoms with Gasteiger partial charge in [0.05, 0.1) is 18.0 Å². The third-order valence-electron chi connectivity index (χ3n) is 5.62. The van der Waals surface area contributed by atoms with Gasteiger partial charge in [-0.15, -0.1) is 0 Å². The molecule has 1 atom stereocenters. The van der Waals surface area contributed by atoms with Gasteiger partial charge in [0.15, 0.2) is 0 Å². The van der Waals surface area contributed by atoms with E-state index in [1.165, 1.54) is 0 Å². The van der Waals surface area contributed by atoms with Crippen molar-refractivity contribution in [2.75, 3.05) is 6.54 Å². The molecule has 0 aliphatic heterocycles. The summed E-state index contributed by atoms with van der Waals surface area (Å²) in [6, 6.07) is 10.2. The van der Waals surface area contributed by atoms with Crippen molar-refractivity contribution < 1.29 is 0 Å². The molecule has 3 rings (SSSR count). The number of hydrogen-bond acceptors (Lipinski definition) is 3. The second kappa shape index (κ2) is 12.3. The first-order valence-corrected chi connectivity index (χ1v) is 11.2. The number of rotatable bonds is 8. The largest absolute Gasteiger partial charge is 0.300 e. The zero-order valence-electron chi connectivity index (χ0n) is 19.4. The molecule has 0 saturated heterocycles. The molecule has 3 nitrogen and oxygen atoms in total. The normalized spacial score (nSPS) is 20.6. The molecule has 3 heteroatoms. The summed E-state index contributed by atoms with van der Waals surface area (Å²) >= 11 is 0. The van der Waals surface area contributed by atoms with E-state index in [0.717, 1.165) is 40.1 Å². The SMILES string of the molecule is C=N/C(=C\C(=NCC(=C/C=C\C)/C(C)=C1\C=CC=CC1=N)c1ccccc1)C1C=CC=CC1. The van der Waals surface area contributed by atoms with E-state index in [2.05, 4.69) is 67.2 Å². The summed E-state index contributed by atoms with van der Waals surface area (Å²) in [5.74, 6) is 0.197. The van der Waals surface area contributed by atoms with Gasteiger partial charge in [-0.05, 0) is 55.8 Å². The van der Waals surface area contributed by atoms with Crippen LogP contribution >= 0.6 is 0 Å². The van der Waals surface area contributed by atoms with Crippen molar-refractivity contribution in [2.24, 2.45) is 15.9 Å². The van der Waals surface area contributed by atoms with E-state index in [0.29, 0.717) is 12.3 Å². The lowest BCUT2D eigenvalue weighted by molar-refractivity contribution is 0.759. The molecule has 166 valence electrons. The van der Waals surface area contributed by atoms with E-state index in [4.69, 9.17) is 10.4 Å². The summed E-state index contributed by atoms with van der Waals surface area (Å²) in [5, 5.41) is 8.31. The van der Waals surface area contributed by atoms with E-state index in [1.54, 1.807) is 0 Å². The average Bonchev–Trinajstić information content (AvgIpc) is 2.87. The van der Waals surface area contributed by atoms with Gasteiger partial charge < -0.3 is 5.41 Å². The first-order chi connectivity index (χ1) is 16.1. The third kappa shape index (κ3) is 6.56. The van der Waals surface area contributed by atoms with Gasteiger partial charge in [0.2, 0.25) is 0 Å². The highest BCUT2D eigenvalue weighted by atomic mass is 14.8. The van der Waals surface area contributed by atoms with Crippen molar-refractivity contribution in [1.29, 1.82) is 5.41 Å². The minimum atomic E-state index is 0.197. The highest BCUT2D eigenvalue weighted by Crippen LogP contribution is 2.24. The molecule has 0 aromatic heterocycles. The Bertz CT molecular complexity index is 1150. The van der Waals surface area contributed by atoms with Crippen LogP contribution in [-0.4, -0.2) is 24.7 Å². The molecule has 0 fully saturated rings. The number of allylic oxidation sites excluding steroid dienone is 13. The predicted octanol–water partition coefficient (Wildman–Crippen LogP) is 7.16. The highest BCUT2D eigenvalue weighted by molar-refractivity contribution is 6.11. The van der Waals surface area contributed by atoms with Crippen LogP contribution in [0.15, 0.2) is 136 Å². The molecule has 0 saturated carbocycles. The van der Waals surface area contributed by atoms with Crippen LogP contribution in [0, 0.1) is 11.3 Å². The van der Waals surface area contributed by atoms with Gasteiger partial charge >= 0.3 is 0 Å². The lowest BCUT2D eigenvalue weighted by Crippen LogP contribution is -2.08. The molecule has 0 heterocycles. The predicted molar refractivity (Wildman–Crippen MR) is 143 cm³/mol. The number of aliphatic imine (C=N–C) groups is 2. The lowest BCUT2D eigenvalue weighted by Gasteiger charge is -2.15. The first kappa shape index (κ1) is 23.8. The Hall–Kier alpha value is -3.85. The summed E-state index contributed by atoms with van der Waals surface area (Å²) in [7, 11) is 0. The maximum atomic E-state index is 8.31. The van der Waals surface area contributed by atoms with Gasteiger partial charge in [-0.25, -0.2) is 0 Å². The summed E-state index contributed by atoms with van der Waals surface area (Å²) in [4.78, 5) is 9.37. The number of benzene rings is 1. The lowest BCUT2D eigenvalue weighted by atomic mass is 9.94. The molecular formula is C30H31N3. The van der Waals surface area contributed by atoms with Gasteiger partial charge in [-0.3, -0.25) is 9.98 Å². The Kier molecular flexibility index (Phi) is 8.84. The fourth-order valence-electron chi connectivity index (χ4n) is 3.70. The van der Waals surface area contributed by atoms with Crippen LogP contribution in [0.2, 0.25) is 0 Å². The summed E-state index contributed by atoms with van der Waals surface area (Å²) in [5.41, 5.74) is 6.40. The van der Waals surface area contributed by atoms with Crippen LogP contribution < -0.4 is 0 Å². The maximum absolute atomic E-state index is 8.31. The van der Waals surface area contributed by atoms with Gasteiger partial charge in [-0.2, -0.15) is 0 Å². The van der Waals surface area contributed by atoms with Crippen LogP contribution in [0.4, 0.5) is 0 Å². The Morgan fingerprint density at radius 1 is 1.12 bits per heavy atom. The number of nitrogens with zero attached hydrogens (tertiary/aromatic N) is 2. The first-order valence-electron chi connectivity index (χ1n) is 11.2. The zero-order valence-corrected chi connectivity index (χ0v) is 19.4. The zero-order chi connectivity index (χ0) is 23.5. The van der Waals surface area contributed by atoms with Crippen molar-refractivity contribution in [1.82, 2.24) is 0 Å². The standard InChI is InChI=1S/C30H31N3/c1-4-5-14-26(23(2)27-19-12-13-20-28(27)31)22-33-30(25-17-10-7-11-18-25)21-29(32-3)24-15-8-6-9-16-24/h4-15,17-21,24,31H,3,16,22H2,1-2H3/b5-4-,26-14-,27-23+,29-21-,31-28?,33-30?. The van der Waals surface area contributed by atoms with Crippen LogP contribution in [-0.2, 0) is 0 Å². The molecule has 1 N–H and O–H groups in total. The minimum absolute atomic E-state index is 0.197. The van der Waals surface area contributed by atoms with Crippen molar-refractivity contribution in [3.05, 3.63) is 131 Å². The molecule has 0 amide bonds. The van der Waals surface area contributed by atoms with Crippen molar-refractivity contribution in [3.63, 3.8) is 0 Å². The molecule has 2 aliphatic rings. The van der Waals surface area contributed by atoms with Crippen LogP contribution in [0.1, 0.15) is 25.8 Å². The average molecular weight is 434 g/mol. The molecular weight excluding hydrogens is 402 g/mol. The fourth-order valence-corrected chi connectivity index (χ4v) is 3.70. The Morgan fingerprint density at radius 2 is 1.91 bits per heavy atom. The van der Waals surface area contributed by atoms with Crippen LogP contribution in [0.5, 0.6) is 0 Å². The smallest absolute Gasteiger partial charge is 0.0669 e. The second-order valence-corrected chi connectivity index (χ2v) is 7.84. The maximum Gasteiger partial charge on any atom is 0.0669 e. The Balaban J connectivity index is 2.02. The topological polar surface area (TPSA) is 48.6 Å². The van der Waals surface area contributed by atoms with Crippen molar-refractivity contribution in [3.8, 4) is 0 Å². The van der Waals surface area contributed by atoms with E-state index in [9.17, 15) is 0 Å². The molecule has 1 unspecified atom stereocenters. The Labute approximate surface area is 197 Å². The van der Waals surface area contributed by atoms with E-state index in [-0.39, 0.29) is 5.92 Å². The monoisotopic (exact) mass is 433 g/mol. The number of hydrogen-bond donors (Lipinski definition) is 1. The van der Waals surface area contributed by atoms with E-state index in [1.807, 2.05) is 61.6 Å². The van der Waals surface area contributed by atoms with E-state index >= 15 is 0 Å². The third-order valence-corrected chi connectivity index (χ3v) is 5.62. The Morgan fingerprint density at radius 3 is 2.58 bits per heavy atom. The van der Waals surface area contributed by atoms with Gasteiger partial charge in [0.1, 0.15) is 0 Å². The fraction of sp³-hybridized carbons (Fsp3) is 0.167. The van der Waals surface area contributed by atoms with Crippen LogP contribution in [0.25, 0.3) is 0 Å². The molecule has 1 aromatic rings. The highest BCUT2D eigenvalue weighted by Gasteiger charge is 2.14. The van der Waals surface area contributed by atoms with Crippen LogP contribution in [0.3, 0.4) is 0 Å². The van der Waals surface area contributed by atoms with E-state index < -0.39 is 0 Å². The van der Waals surface area contributed by atoms with Crippen molar-refractivity contribution >= 4 is 18.1 Å². The molecule has 0 radical (unpaired) electrons. The molecule has 2 aliphatic carbocycles. The summed E-state index contributed by atoms with van der Waals surface area (Å²) < 4.78 is 0. The quantitative estimate of drug-likeness (QED) is 0.334. The van der Waals surface area contributed by atoms with Crippen molar-refractivity contribution in [2.45, 2.75) is 20.3 Å². The summed E-state index contributed by atoms with van der Waals surface area (Å²) in [6.07, 6.45) is 25.2. The minimum Gasteiger partial charge on any atom is -0.300 e. The molecule has 0 spiro atoms. The summed E-state index contributed by atoms with van der Waals surface area (Å²) in [6.45, 7) is 8.37. The molecule has 1 aromatic carbocycles. The molecule has 33 heavy (non-hydrogen) atoms. The van der Waals surface area contributed by atoms with Gasteiger partial charge in [0, 0.05) is 17.2 Å². The van der Waals surface area contributed by atoms with Gasteiger partial charge in [-0.1, -0.05) is 91.1 Å². The van der Waals surface area contributed by atoms with Gasteiger partial charge in [0.25, 0.3) is 0 Å². The second-order valence-electron chi connectivity index (χ2n) is 7.84. The molecule has 0 bridgehead atoms. The number of nitrogens with one attached hydrogen (secondary N) is 1.